The predicted octanol–water partition coefficient (Wildman–Crippen LogP) is 3.60. The van der Waals surface area contributed by atoms with Gasteiger partial charge in [0.2, 0.25) is 11.0 Å². The summed E-state index contributed by atoms with van der Waals surface area (Å²) >= 11 is 1.54. The van der Waals surface area contributed by atoms with Crippen molar-refractivity contribution in [3.05, 3.63) is 42.2 Å². The highest BCUT2D eigenvalue weighted by molar-refractivity contribution is 7.18. The monoisotopic (exact) mass is 612 g/mol. The highest BCUT2D eigenvalue weighted by Gasteiger charge is 2.43. The molecule has 0 spiro atoms. The van der Waals surface area contributed by atoms with Crippen molar-refractivity contribution in [2.45, 2.75) is 44.7 Å². The molecule has 0 aromatic carbocycles. The first-order chi connectivity index (χ1) is 21.3. The predicted molar refractivity (Wildman–Crippen MR) is 164 cm³/mol. The van der Waals surface area contributed by atoms with Crippen LogP contribution in [0.1, 0.15) is 38.2 Å². The quantitative estimate of drug-likeness (QED) is 0.230. The third-order valence-corrected chi connectivity index (χ3v) is 10.1. The molecule has 14 heteroatoms. The summed E-state index contributed by atoms with van der Waals surface area (Å²) < 4.78 is 1.77. The van der Waals surface area contributed by atoms with Crippen molar-refractivity contribution in [2.75, 3.05) is 29.9 Å². The van der Waals surface area contributed by atoms with Gasteiger partial charge in [-0.2, -0.15) is 10.4 Å². The van der Waals surface area contributed by atoms with Gasteiger partial charge in [0.25, 0.3) is 0 Å². The molecule has 0 unspecified atom stereocenters. The Bertz CT molecular complexity index is 1760. The van der Waals surface area contributed by atoms with Crippen LogP contribution in [-0.4, -0.2) is 73.6 Å². The standard InChI is InChI=1S/C30H32N10O3S/c1-16(41)35-27-19-2-3-20(27)15-39(14-19)29-38-37-28(44-29)23-13-32-25(26-5-4-22-8-18(10-31)12-34-40(22)26)9-24(23)36-21-6-17(7-21)11-33-30(42)43/h4-5,8-9,12-13,17,19-21,27,33H,2-3,6-7,11,14-15H2,1H3,(H,32,36)(H,35,41)(H,42,43)/t17?,19-,20+,21?,27-. The second kappa shape index (κ2) is 11.4. The van der Waals surface area contributed by atoms with E-state index < -0.39 is 6.09 Å². The Morgan fingerprint density at radius 1 is 1.14 bits per heavy atom. The van der Waals surface area contributed by atoms with Gasteiger partial charge in [-0.05, 0) is 67.7 Å². The Balaban J connectivity index is 1.16. The maximum absolute atomic E-state index is 11.7. The molecule has 3 atom stereocenters. The van der Waals surface area contributed by atoms with Gasteiger partial charge in [-0.1, -0.05) is 11.3 Å². The van der Waals surface area contributed by atoms with Crippen molar-refractivity contribution in [2.24, 2.45) is 17.8 Å². The molecule has 1 aliphatic heterocycles. The first-order valence-electron chi connectivity index (χ1n) is 14.8. The highest BCUT2D eigenvalue weighted by Crippen LogP contribution is 2.42. The minimum Gasteiger partial charge on any atom is -0.465 e. The van der Waals surface area contributed by atoms with Crippen molar-refractivity contribution in [3.8, 4) is 28.0 Å². The molecule has 13 nitrogen and oxygen atoms in total. The fourth-order valence-electron chi connectivity index (χ4n) is 6.91. The Kier molecular flexibility index (Phi) is 7.25. The number of nitriles is 1. The summed E-state index contributed by atoms with van der Waals surface area (Å²) in [7, 11) is 0. The Labute approximate surface area is 257 Å². The van der Waals surface area contributed by atoms with Gasteiger partial charge in [-0.25, -0.2) is 9.31 Å². The summed E-state index contributed by atoms with van der Waals surface area (Å²) in [6.07, 6.45) is 6.24. The number of amides is 2. The number of carbonyl (C=O) groups is 2. The average molecular weight is 613 g/mol. The normalized spacial score (nSPS) is 24.0. The molecule has 5 heterocycles. The van der Waals surface area contributed by atoms with Gasteiger partial charge < -0.3 is 26.0 Å². The van der Waals surface area contributed by atoms with Crippen molar-refractivity contribution in [1.82, 2.24) is 35.4 Å². The molecule has 7 rings (SSSR count). The minimum atomic E-state index is -1.00. The zero-order valence-corrected chi connectivity index (χ0v) is 24.9. The Morgan fingerprint density at radius 3 is 2.66 bits per heavy atom. The second-order valence-electron chi connectivity index (χ2n) is 12.0. The first kappa shape index (κ1) is 28.0. The number of carbonyl (C=O) groups excluding carboxylic acids is 1. The highest BCUT2D eigenvalue weighted by atomic mass is 32.1. The van der Waals surface area contributed by atoms with Gasteiger partial charge in [0.05, 0.1) is 34.2 Å². The van der Waals surface area contributed by atoms with Crippen LogP contribution in [0, 0.1) is 29.1 Å². The number of nitrogens with one attached hydrogen (secondary N) is 3. The molecule has 2 aliphatic carbocycles. The fourth-order valence-corrected chi connectivity index (χ4v) is 7.80. The summed E-state index contributed by atoms with van der Waals surface area (Å²) in [6, 6.07) is 10.2. The molecule has 4 N–H and O–H groups in total. The van der Waals surface area contributed by atoms with Crippen LogP contribution in [-0.2, 0) is 4.79 Å². The lowest BCUT2D eigenvalue weighted by molar-refractivity contribution is -0.120. The van der Waals surface area contributed by atoms with Crippen molar-refractivity contribution >= 4 is 39.7 Å². The summed E-state index contributed by atoms with van der Waals surface area (Å²) in [4.78, 5) is 29.8. The summed E-state index contributed by atoms with van der Waals surface area (Å²) in [6.45, 7) is 3.71. The number of piperidine rings is 1. The number of fused-ring (bicyclic) bond motifs is 3. The lowest BCUT2D eigenvalue weighted by Crippen LogP contribution is -2.52. The van der Waals surface area contributed by atoms with E-state index in [9.17, 15) is 14.9 Å². The van der Waals surface area contributed by atoms with Crippen molar-refractivity contribution in [1.29, 1.82) is 5.26 Å². The van der Waals surface area contributed by atoms with Crippen molar-refractivity contribution < 1.29 is 14.7 Å². The van der Waals surface area contributed by atoms with Crippen LogP contribution < -0.4 is 20.9 Å². The van der Waals surface area contributed by atoms with E-state index in [-0.39, 0.29) is 23.9 Å². The number of pyridine rings is 1. The SMILES string of the molecule is CC(=O)N[C@@H]1[C@@H]2CC[C@H]1CN(c1nnc(-c3cnc(-c4ccc5cc(C#N)cnn45)cc3NC3CC(CNC(=O)O)C3)s1)C2. The molecule has 4 aromatic rings. The Hall–Kier alpha value is -4.77. The number of carboxylic acid groups (broad SMARTS) is 1. The topological polar surface area (TPSA) is 173 Å². The summed E-state index contributed by atoms with van der Waals surface area (Å²) in [5.74, 6) is 1.12. The van der Waals surface area contributed by atoms with E-state index in [4.69, 9.17) is 10.1 Å². The van der Waals surface area contributed by atoms with Crippen LogP contribution in [0.15, 0.2) is 36.7 Å². The number of nitrogens with zero attached hydrogens (tertiary/aromatic N) is 7. The van der Waals surface area contributed by atoms with Crippen LogP contribution in [0.2, 0.25) is 0 Å². The van der Waals surface area contributed by atoms with Gasteiger partial charge in [0.15, 0.2) is 5.01 Å². The molecule has 3 aliphatic rings. The molecule has 2 bridgehead atoms. The van der Waals surface area contributed by atoms with Gasteiger partial charge in [0.1, 0.15) is 6.07 Å². The lowest BCUT2D eigenvalue weighted by atomic mass is 9.80. The summed E-state index contributed by atoms with van der Waals surface area (Å²) in [5, 5.41) is 42.8. The molecule has 4 aromatic heterocycles. The number of aromatic nitrogens is 5. The van der Waals surface area contributed by atoms with Gasteiger partial charge in [0, 0.05) is 50.5 Å². The number of hydrogen-bond acceptors (Lipinski definition) is 10. The average Bonchev–Trinajstić information content (AvgIpc) is 3.69. The van der Waals surface area contributed by atoms with E-state index >= 15 is 0 Å². The first-order valence-corrected chi connectivity index (χ1v) is 15.6. The molecule has 44 heavy (non-hydrogen) atoms. The Morgan fingerprint density at radius 2 is 1.93 bits per heavy atom. The fraction of sp³-hybridized carbons (Fsp3) is 0.433. The van der Waals surface area contributed by atoms with E-state index in [1.807, 2.05) is 24.4 Å². The largest absolute Gasteiger partial charge is 0.465 e. The maximum atomic E-state index is 11.7. The van der Waals surface area contributed by atoms with Crippen LogP contribution in [0.3, 0.4) is 0 Å². The zero-order valence-electron chi connectivity index (χ0n) is 24.1. The van der Waals surface area contributed by atoms with Gasteiger partial charge in [-0.15, -0.1) is 10.2 Å². The molecule has 2 saturated carbocycles. The minimum absolute atomic E-state index is 0.0290. The van der Waals surface area contributed by atoms with Crippen LogP contribution in [0.5, 0.6) is 0 Å². The van der Waals surface area contributed by atoms with Gasteiger partial charge >= 0.3 is 6.09 Å². The molecular formula is C30H32N10O3S. The van der Waals surface area contributed by atoms with Crippen LogP contribution in [0.25, 0.3) is 27.5 Å². The van der Waals surface area contributed by atoms with E-state index in [1.165, 1.54) is 6.20 Å². The molecule has 3 fully saturated rings. The number of anilines is 2. The van der Waals surface area contributed by atoms with E-state index in [2.05, 4.69) is 42.2 Å². The second-order valence-corrected chi connectivity index (χ2v) is 13.0. The van der Waals surface area contributed by atoms with Crippen LogP contribution in [0.4, 0.5) is 15.6 Å². The molecule has 226 valence electrons. The zero-order chi connectivity index (χ0) is 30.4. The molecular weight excluding hydrogens is 580 g/mol. The van der Waals surface area contributed by atoms with Crippen LogP contribution >= 0.6 is 11.3 Å². The lowest BCUT2D eigenvalue weighted by Gasteiger charge is -2.37. The summed E-state index contributed by atoms with van der Waals surface area (Å²) in [5.41, 5.74) is 4.54. The van der Waals surface area contributed by atoms with E-state index in [1.54, 1.807) is 28.8 Å². The third-order valence-electron chi connectivity index (χ3n) is 9.05. The number of hydrogen-bond donors (Lipinski definition) is 4. The molecule has 1 saturated heterocycles. The van der Waals surface area contributed by atoms with Crippen molar-refractivity contribution in [3.63, 3.8) is 0 Å². The maximum Gasteiger partial charge on any atom is 0.404 e. The van der Waals surface area contributed by atoms with Gasteiger partial charge in [-0.3, -0.25) is 9.78 Å². The smallest absolute Gasteiger partial charge is 0.404 e. The molecule has 0 radical (unpaired) electrons. The third kappa shape index (κ3) is 5.39. The number of rotatable bonds is 8. The van der Waals surface area contributed by atoms with E-state index in [0.29, 0.717) is 23.9 Å². The van der Waals surface area contributed by atoms with E-state index in [0.717, 1.165) is 77.1 Å². The molecule has 2 amide bonds.